The van der Waals surface area contributed by atoms with Gasteiger partial charge in [-0.25, -0.2) is 14.8 Å². The van der Waals surface area contributed by atoms with E-state index in [1.54, 1.807) is 0 Å². The Kier molecular flexibility index (Phi) is 4.53. The Morgan fingerprint density at radius 1 is 1.41 bits per heavy atom. The summed E-state index contributed by atoms with van der Waals surface area (Å²) in [6, 6.07) is -0.569. The SMILES string of the molecule is C=Cc1nc(C(F)(F)F)cnc1N[C@H]1CCC[C@@H]1NC(=O)O. The van der Waals surface area contributed by atoms with Crippen LogP contribution in [0.1, 0.15) is 30.7 Å². The zero-order valence-electron chi connectivity index (χ0n) is 11.5. The number of aromatic nitrogens is 2. The van der Waals surface area contributed by atoms with E-state index in [-0.39, 0.29) is 23.6 Å². The highest BCUT2D eigenvalue weighted by Gasteiger charge is 2.34. The smallest absolute Gasteiger partial charge is 0.434 e. The van der Waals surface area contributed by atoms with E-state index in [1.165, 1.54) is 6.08 Å². The van der Waals surface area contributed by atoms with Gasteiger partial charge in [0.25, 0.3) is 0 Å². The third-order valence-corrected chi connectivity index (χ3v) is 3.43. The van der Waals surface area contributed by atoms with Gasteiger partial charge in [0.15, 0.2) is 11.5 Å². The predicted octanol–water partition coefficient (Wildman–Crippen LogP) is 2.74. The maximum Gasteiger partial charge on any atom is 0.434 e. The fourth-order valence-corrected chi connectivity index (χ4v) is 2.43. The lowest BCUT2D eigenvalue weighted by atomic mass is 10.1. The second-order valence-corrected chi connectivity index (χ2v) is 4.93. The number of carbonyl (C=O) groups is 1. The molecule has 2 rings (SSSR count). The molecule has 0 aliphatic heterocycles. The molecule has 1 amide bonds. The van der Waals surface area contributed by atoms with Crippen molar-refractivity contribution in [2.75, 3.05) is 5.32 Å². The molecule has 1 heterocycles. The first-order chi connectivity index (χ1) is 10.3. The third-order valence-electron chi connectivity index (χ3n) is 3.43. The number of carboxylic acid groups (broad SMARTS) is 1. The second kappa shape index (κ2) is 6.20. The van der Waals surface area contributed by atoms with Crippen molar-refractivity contribution >= 4 is 18.0 Å². The van der Waals surface area contributed by atoms with Crippen molar-refractivity contribution in [3.8, 4) is 0 Å². The summed E-state index contributed by atoms with van der Waals surface area (Å²) in [6.07, 6.45) is -1.75. The molecule has 3 N–H and O–H groups in total. The largest absolute Gasteiger partial charge is 0.465 e. The molecule has 1 aliphatic carbocycles. The Labute approximate surface area is 124 Å². The highest BCUT2D eigenvalue weighted by Crippen LogP contribution is 2.29. The molecule has 0 saturated heterocycles. The summed E-state index contributed by atoms with van der Waals surface area (Å²) in [5.41, 5.74) is -1.12. The number of hydrogen-bond acceptors (Lipinski definition) is 4. The van der Waals surface area contributed by atoms with E-state index in [4.69, 9.17) is 5.11 Å². The van der Waals surface area contributed by atoms with Crippen molar-refractivity contribution in [1.82, 2.24) is 15.3 Å². The van der Waals surface area contributed by atoms with Crippen LogP contribution in [0, 0.1) is 0 Å². The Hall–Kier alpha value is -2.32. The molecule has 1 aliphatic rings. The molecule has 0 unspecified atom stereocenters. The summed E-state index contributed by atoms with van der Waals surface area (Å²) in [6.45, 7) is 3.44. The quantitative estimate of drug-likeness (QED) is 0.795. The van der Waals surface area contributed by atoms with Gasteiger partial charge < -0.3 is 15.7 Å². The standard InChI is InChI=1S/C13H15F3N4O2/c1-2-7-11(17-6-10(18-7)13(14,15)16)19-8-4-3-5-9(8)20-12(21)22/h2,6,8-9,20H,1,3-5H2,(H,17,19)(H,21,22)/t8-,9-/m0/s1. The van der Waals surface area contributed by atoms with Crippen LogP contribution in [-0.4, -0.2) is 33.3 Å². The lowest BCUT2D eigenvalue weighted by Crippen LogP contribution is -2.43. The summed E-state index contributed by atoms with van der Waals surface area (Å²) in [7, 11) is 0. The van der Waals surface area contributed by atoms with Crippen LogP contribution in [0.25, 0.3) is 6.08 Å². The number of nitrogens with one attached hydrogen (secondary N) is 2. The predicted molar refractivity (Wildman–Crippen MR) is 73.3 cm³/mol. The van der Waals surface area contributed by atoms with E-state index >= 15 is 0 Å². The number of nitrogens with zero attached hydrogens (tertiary/aromatic N) is 2. The molecule has 0 aromatic carbocycles. The molecule has 2 atom stereocenters. The molecule has 1 saturated carbocycles. The summed E-state index contributed by atoms with van der Waals surface area (Å²) < 4.78 is 37.8. The van der Waals surface area contributed by atoms with Crippen molar-refractivity contribution in [3.05, 3.63) is 24.2 Å². The third kappa shape index (κ3) is 3.66. The first-order valence-electron chi connectivity index (χ1n) is 6.64. The summed E-state index contributed by atoms with van der Waals surface area (Å²) in [4.78, 5) is 18.0. The van der Waals surface area contributed by atoms with E-state index in [0.29, 0.717) is 19.0 Å². The Balaban J connectivity index is 2.18. The average molecular weight is 316 g/mol. The van der Waals surface area contributed by atoms with Crippen LogP contribution in [0.5, 0.6) is 0 Å². The fraction of sp³-hybridized carbons (Fsp3) is 0.462. The van der Waals surface area contributed by atoms with Crippen molar-refractivity contribution in [2.45, 2.75) is 37.5 Å². The number of anilines is 1. The summed E-state index contributed by atoms with van der Waals surface area (Å²) >= 11 is 0. The highest BCUT2D eigenvalue weighted by molar-refractivity contribution is 5.65. The minimum Gasteiger partial charge on any atom is -0.465 e. The van der Waals surface area contributed by atoms with Crippen LogP contribution in [0.4, 0.5) is 23.8 Å². The minimum atomic E-state index is -4.58. The first-order valence-corrected chi connectivity index (χ1v) is 6.64. The zero-order chi connectivity index (χ0) is 16.3. The van der Waals surface area contributed by atoms with Crippen LogP contribution in [0.3, 0.4) is 0 Å². The molecule has 1 aromatic rings. The van der Waals surface area contributed by atoms with Crippen LogP contribution in [-0.2, 0) is 6.18 Å². The molecular weight excluding hydrogens is 301 g/mol. The maximum absolute atomic E-state index is 12.6. The average Bonchev–Trinajstić information content (AvgIpc) is 2.84. The van der Waals surface area contributed by atoms with Gasteiger partial charge in [0.2, 0.25) is 0 Å². The topological polar surface area (TPSA) is 87.1 Å². The Morgan fingerprint density at radius 2 is 2.09 bits per heavy atom. The molecule has 0 bridgehead atoms. The number of halogens is 3. The fourth-order valence-electron chi connectivity index (χ4n) is 2.43. The van der Waals surface area contributed by atoms with Crippen molar-refractivity contribution in [3.63, 3.8) is 0 Å². The van der Waals surface area contributed by atoms with Gasteiger partial charge in [0.05, 0.1) is 12.2 Å². The molecule has 9 heteroatoms. The number of amides is 1. The van der Waals surface area contributed by atoms with Gasteiger partial charge in [0.1, 0.15) is 5.69 Å². The molecule has 6 nitrogen and oxygen atoms in total. The molecule has 0 spiro atoms. The van der Waals surface area contributed by atoms with Gasteiger partial charge in [-0.2, -0.15) is 13.2 Å². The normalized spacial score (nSPS) is 21.4. The van der Waals surface area contributed by atoms with Gasteiger partial charge in [-0.3, -0.25) is 0 Å². The molecular formula is C13H15F3N4O2. The lowest BCUT2D eigenvalue weighted by molar-refractivity contribution is -0.141. The van der Waals surface area contributed by atoms with Crippen LogP contribution in [0.15, 0.2) is 12.8 Å². The van der Waals surface area contributed by atoms with E-state index < -0.39 is 18.0 Å². The van der Waals surface area contributed by atoms with Gasteiger partial charge in [-0.1, -0.05) is 6.58 Å². The summed E-state index contributed by atoms with van der Waals surface area (Å²) in [5.74, 6) is 0.159. The monoisotopic (exact) mass is 316 g/mol. The number of rotatable bonds is 4. The number of hydrogen-bond donors (Lipinski definition) is 3. The van der Waals surface area contributed by atoms with Crippen LogP contribution < -0.4 is 10.6 Å². The molecule has 1 aromatic heterocycles. The van der Waals surface area contributed by atoms with Gasteiger partial charge in [0, 0.05) is 6.04 Å². The Bertz CT molecular complexity index is 577. The maximum atomic E-state index is 12.6. The lowest BCUT2D eigenvalue weighted by Gasteiger charge is -2.22. The van der Waals surface area contributed by atoms with Crippen LogP contribution >= 0.6 is 0 Å². The van der Waals surface area contributed by atoms with Crippen molar-refractivity contribution in [2.24, 2.45) is 0 Å². The molecule has 120 valence electrons. The first kappa shape index (κ1) is 16.1. The minimum absolute atomic E-state index is 0.0178. The van der Waals surface area contributed by atoms with Crippen molar-refractivity contribution < 1.29 is 23.1 Å². The van der Waals surface area contributed by atoms with Gasteiger partial charge in [-0.05, 0) is 25.3 Å². The van der Waals surface area contributed by atoms with Gasteiger partial charge in [-0.15, -0.1) is 0 Å². The van der Waals surface area contributed by atoms with Gasteiger partial charge >= 0.3 is 12.3 Å². The van der Waals surface area contributed by atoms with Crippen LogP contribution in [0.2, 0.25) is 0 Å². The van der Waals surface area contributed by atoms with E-state index in [1.807, 2.05) is 0 Å². The summed E-state index contributed by atoms with van der Waals surface area (Å²) in [5, 5.41) is 14.1. The molecule has 22 heavy (non-hydrogen) atoms. The molecule has 0 radical (unpaired) electrons. The van der Waals surface area contributed by atoms with Crippen molar-refractivity contribution in [1.29, 1.82) is 0 Å². The zero-order valence-corrected chi connectivity index (χ0v) is 11.5. The molecule has 1 fully saturated rings. The van der Waals surface area contributed by atoms with E-state index in [9.17, 15) is 18.0 Å². The van der Waals surface area contributed by atoms with E-state index in [2.05, 4.69) is 27.2 Å². The Morgan fingerprint density at radius 3 is 2.68 bits per heavy atom. The van der Waals surface area contributed by atoms with E-state index in [0.717, 1.165) is 6.42 Å². The number of alkyl halides is 3. The second-order valence-electron chi connectivity index (χ2n) is 4.93. The highest BCUT2D eigenvalue weighted by atomic mass is 19.4.